The highest BCUT2D eigenvalue weighted by atomic mass is 16.7. The Balaban J connectivity index is 1.74. The Bertz CT molecular complexity index is 623. The van der Waals surface area contributed by atoms with Crippen LogP contribution in [0.25, 0.3) is 0 Å². The molecular weight excluding hydrogens is 328 g/mol. The van der Waals surface area contributed by atoms with Crippen molar-refractivity contribution in [1.82, 2.24) is 0 Å². The summed E-state index contributed by atoms with van der Waals surface area (Å²) in [5, 5.41) is 46.8. The average molecular weight is 340 g/mol. The number of hydrogen-bond donors (Lipinski definition) is 0. The van der Waals surface area contributed by atoms with Crippen molar-refractivity contribution in [2.24, 2.45) is 47.3 Å². The maximum atomic E-state index is 11.7. The monoisotopic (exact) mass is 340 g/mol. The predicted octanol–water partition coefficient (Wildman–Crippen LogP) is 0.264. The van der Waals surface area contributed by atoms with E-state index in [2.05, 4.69) is 0 Å². The molecule has 0 radical (unpaired) electrons. The molecule has 24 heavy (non-hydrogen) atoms. The summed E-state index contributed by atoms with van der Waals surface area (Å²) in [6.07, 6.45) is -0.335. The highest BCUT2D eigenvalue weighted by Crippen LogP contribution is 2.84. The zero-order chi connectivity index (χ0) is 17.3. The summed E-state index contributed by atoms with van der Waals surface area (Å²) in [5.41, 5.74) is -4.66. The minimum absolute atomic E-state index is 0.167. The highest BCUT2D eigenvalue weighted by molar-refractivity contribution is 5.30. The molecule has 128 valence electrons. The summed E-state index contributed by atoms with van der Waals surface area (Å²) in [5.74, 6) is -5.18. The Kier molecular flexibility index (Phi) is 2.04. The summed E-state index contributed by atoms with van der Waals surface area (Å²) < 4.78 is 0. The van der Waals surface area contributed by atoms with Crippen LogP contribution < -0.4 is 0 Å². The van der Waals surface area contributed by atoms with E-state index < -0.39 is 54.7 Å². The van der Waals surface area contributed by atoms with Crippen LogP contribution in [-0.4, -0.2) is 31.0 Å². The molecule has 5 fully saturated rings. The number of hydrogen-bond acceptors (Lipinski definition) is 8. The van der Waals surface area contributed by atoms with Gasteiger partial charge in [0.25, 0.3) is 0 Å². The van der Waals surface area contributed by atoms with E-state index in [-0.39, 0.29) is 36.5 Å². The summed E-state index contributed by atoms with van der Waals surface area (Å²) in [4.78, 5) is 43.5. The largest absolute Gasteiger partial charge is 0.464 e. The lowest BCUT2D eigenvalue weighted by Gasteiger charge is -2.41. The fraction of sp³-hybridized carbons (Fsp3) is 1.00. The highest BCUT2D eigenvalue weighted by Gasteiger charge is 2.99. The van der Waals surface area contributed by atoms with Gasteiger partial charge in [-0.15, -0.1) is 0 Å². The number of nitro groups is 4. The van der Waals surface area contributed by atoms with Crippen LogP contribution in [0.4, 0.5) is 0 Å². The van der Waals surface area contributed by atoms with Gasteiger partial charge in [0.2, 0.25) is 0 Å². The molecule has 0 aromatic heterocycles. The van der Waals surface area contributed by atoms with Gasteiger partial charge in [0.1, 0.15) is 23.7 Å². The molecule has 5 rings (SSSR count). The second kappa shape index (κ2) is 3.49. The van der Waals surface area contributed by atoms with Gasteiger partial charge < -0.3 is 0 Å². The summed E-state index contributed by atoms with van der Waals surface area (Å²) in [7, 11) is 0. The molecule has 0 heterocycles. The molecule has 0 amide bonds. The van der Waals surface area contributed by atoms with Gasteiger partial charge in [-0.1, -0.05) is 0 Å². The predicted molar refractivity (Wildman–Crippen MR) is 70.6 cm³/mol. The Morgan fingerprint density at radius 1 is 0.542 bits per heavy atom. The lowest BCUT2D eigenvalue weighted by Crippen LogP contribution is -2.60. The normalized spacial score (nSPS) is 49.7. The summed E-state index contributed by atoms with van der Waals surface area (Å²) in [6.45, 7) is 0. The van der Waals surface area contributed by atoms with Crippen molar-refractivity contribution in [3.63, 3.8) is 0 Å². The zero-order valence-corrected chi connectivity index (χ0v) is 12.1. The number of nitrogens with zero attached hydrogens (tertiary/aromatic N) is 4. The van der Waals surface area contributed by atoms with Crippen molar-refractivity contribution in [3.8, 4) is 0 Å². The number of rotatable bonds is 4. The van der Waals surface area contributed by atoms with Gasteiger partial charge in [0.05, 0.1) is 19.7 Å². The molecule has 5 saturated carbocycles. The van der Waals surface area contributed by atoms with Gasteiger partial charge in [0, 0.05) is 0 Å². The van der Waals surface area contributed by atoms with Crippen LogP contribution in [0.3, 0.4) is 0 Å². The fourth-order valence-electron chi connectivity index (χ4n) is 7.80. The molecule has 12 heteroatoms. The summed E-state index contributed by atoms with van der Waals surface area (Å²) >= 11 is 0. The molecule has 0 aromatic rings. The van der Waals surface area contributed by atoms with Crippen molar-refractivity contribution in [3.05, 3.63) is 40.5 Å². The van der Waals surface area contributed by atoms with E-state index in [4.69, 9.17) is 0 Å². The van der Waals surface area contributed by atoms with Gasteiger partial charge in [-0.2, -0.15) is 0 Å². The first kappa shape index (κ1) is 14.0. The van der Waals surface area contributed by atoms with Gasteiger partial charge in [-0.05, 0) is 36.5 Å². The maximum absolute atomic E-state index is 11.7. The molecule has 0 bridgehead atoms. The van der Waals surface area contributed by atoms with Gasteiger partial charge >= 0.3 is 11.3 Å². The first-order chi connectivity index (χ1) is 11.2. The van der Waals surface area contributed by atoms with Crippen LogP contribution in [0.2, 0.25) is 0 Å². The lowest BCUT2D eigenvalue weighted by atomic mass is 9.60. The molecule has 0 unspecified atom stereocenters. The molecular formula is C12H12N4O8. The second-order valence-electron chi connectivity index (χ2n) is 7.80. The Morgan fingerprint density at radius 2 is 0.750 bits per heavy atom. The molecule has 0 aliphatic heterocycles. The average Bonchev–Trinajstić information content (AvgIpc) is 2.97. The maximum Gasteiger partial charge on any atom is 0.464 e. The third-order valence-electron chi connectivity index (χ3n) is 8.00. The Hall–Kier alpha value is -2.40. The Morgan fingerprint density at radius 3 is 0.917 bits per heavy atom. The van der Waals surface area contributed by atoms with Gasteiger partial charge in [-0.3, -0.25) is 40.5 Å². The molecule has 4 atom stereocenters. The van der Waals surface area contributed by atoms with Gasteiger partial charge in [-0.25, -0.2) is 0 Å². The van der Waals surface area contributed by atoms with Crippen molar-refractivity contribution in [1.29, 1.82) is 0 Å². The van der Waals surface area contributed by atoms with Crippen LogP contribution in [0.15, 0.2) is 0 Å². The van der Waals surface area contributed by atoms with Crippen molar-refractivity contribution >= 4 is 0 Å². The first-order valence-corrected chi connectivity index (χ1v) is 7.81. The topological polar surface area (TPSA) is 173 Å². The van der Waals surface area contributed by atoms with Crippen molar-refractivity contribution in [2.45, 2.75) is 24.2 Å². The third kappa shape index (κ3) is 0.925. The van der Waals surface area contributed by atoms with E-state index in [9.17, 15) is 40.5 Å². The SMILES string of the molecule is O=[N+]([O-])C1([N+](=O)[O-])[C@@H]2C[C@H]3C4C2C2C4[C@@H](C[C@@H]21)C3([N+](=O)[O-])[N+](=O)[O-]. The molecule has 12 nitrogen and oxygen atoms in total. The van der Waals surface area contributed by atoms with Crippen LogP contribution in [0.1, 0.15) is 12.8 Å². The quantitative estimate of drug-likeness (QED) is 0.398. The molecule has 5 aliphatic carbocycles. The van der Waals surface area contributed by atoms with E-state index in [1.54, 1.807) is 0 Å². The van der Waals surface area contributed by atoms with E-state index in [0.717, 1.165) is 0 Å². The third-order valence-corrected chi connectivity index (χ3v) is 8.00. The van der Waals surface area contributed by atoms with Crippen LogP contribution in [0, 0.1) is 87.8 Å². The second-order valence-corrected chi connectivity index (χ2v) is 7.80. The van der Waals surface area contributed by atoms with Crippen LogP contribution in [-0.2, 0) is 0 Å². The van der Waals surface area contributed by atoms with E-state index >= 15 is 0 Å². The molecule has 0 N–H and O–H groups in total. The minimum Gasteiger partial charge on any atom is -0.258 e. The molecule has 0 saturated heterocycles. The van der Waals surface area contributed by atoms with E-state index in [1.165, 1.54) is 0 Å². The fourth-order valence-corrected chi connectivity index (χ4v) is 7.80. The van der Waals surface area contributed by atoms with Crippen LogP contribution in [0.5, 0.6) is 0 Å². The molecule has 5 aliphatic rings. The smallest absolute Gasteiger partial charge is 0.258 e. The zero-order valence-electron chi connectivity index (χ0n) is 12.1. The lowest BCUT2D eigenvalue weighted by molar-refractivity contribution is -0.824. The van der Waals surface area contributed by atoms with Crippen molar-refractivity contribution < 1.29 is 19.7 Å². The molecule has 0 aromatic carbocycles. The molecule has 0 spiro atoms. The minimum atomic E-state index is -2.33. The van der Waals surface area contributed by atoms with Gasteiger partial charge in [0.15, 0.2) is 0 Å². The van der Waals surface area contributed by atoms with E-state index in [0.29, 0.717) is 0 Å². The van der Waals surface area contributed by atoms with Crippen LogP contribution >= 0.6 is 0 Å². The Labute approximate surface area is 132 Å². The van der Waals surface area contributed by atoms with E-state index in [1.807, 2.05) is 0 Å². The standard InChI is InChI=1S/C12H12N4O8/c17-13(18)11(14(19)20)3-1-4-8-7(3)9-5(11)2-6(10(8)9)12(4,15(21)22)16(23)24/h3-10H,1-2H2/t3-,4+,5+,6-,7?,8?,9?,10?. The summed E-state index contributed by atoms with van der Waals surface area (Å²) in [6, 6.07) is 0. The first-order valence-electron chi connectivity index (χ1n) is 7.81. The van der Waals surface area contributed by atoms with Crippen molar-refractivity contribution in [2.75, 3.05) is 0 Å².